The van der Waals surface area contributed by atoms with Crippen LogP contribution in [-0.2, 0) is 26.2 Å². The monoisotopic (exact) mass is 590 g/mol. The summed E-state index contributed by atoms with van der Waals surface area (Å²) in [6, 6.07) is 27.1. The van der Waals surface area contributed by atoms with Crippen LogP contribution in [0.4, 0.5) is 0 Å². The molecule has 0 spiro atoms. The van der Waals surface area contributed by atoms with Crippen LogP contribution in [0.15, 0.2) is 72.8 Å². The molecule has 0 fully saturated rings. The molecule has 35 heavy (non-hydrogen) atoms. The molecule has 0 atom stereocenters. The molecule has 0 saturated heterocycles. The molecule has 0 aliphatic heterocycles. The summed E-state index contributed by atoms with van der Waals surface area (Å²) in [5, 5.41) is 8.88. The zero-order chi connectivity index (χ0) is 22.8. The van der Waals surface area contributed by atoms with E-state index < -0.39 is 0 Å². The number of hydrogen-bond acceptors (Lipinski definition) is 0. The van der Waals surface area contributed by atoms with Crippen molar-refractivity contribution in [3.05, 3.63) is 72.8 Å². The Labute approximate surface area is 233 Å². The van der Waals surface area contributed by atoms with E-state index in [4.69, 9.17) is 0 Å². The maximum atomic E-state index is 2.41. The molecule has 0 aliphatic carbocycles. The van der Waals surface area contributed by atoms with Gasteiger partial charge in [0.1, 0.15) is 0 Å². The molecule has 0 unspecified atom stereocenters. The SMILES string of the molecule is CCCP(CCC)c1cc2ccccc2[cH-]1.CCCP(CCC)c1cc2ccccc2[cH-]1.[F-].[F-].[Zr+4]. The van der Waals surface area contributed by atoms with E-state index in [1.807, 2.05) is 0 Å². The summed E-state index contributed by atoms with van der Waals surface area (Å²) in [5.41, 5.74) is 0. The van der Waals surface area contributed by atoms with Gasteiger partial charge in [0.05, 0.1) is 0 Å². The van der Waals surface area contributed by atoms with Crippen molar-refractivity contribution in [2.24, 2.45) is 0 Å². The van der Waals surface area contributed by atoms with Crippen molar-refractivity contribution < 1.29 is 35.6 Å². The number of fused-ring (bicyclic) bond motifs is 2. The van der Waals surface area contributed by atoms with Crippen LogP contribution in [0.25, 0.3) is 21.5 Å². The van der Waals surface area contributed by atoms with Gasteiger partial charge in [-0.3, -0.25) is 0 Å². The third kappa shape index (κ3) is 9.91. The second kappa shape index (κ2) is 18.5. The maximum absolute atomic E-state index is 2.41. The summed E-state index contributed by atoms with van der Waals surface area (Å²) in [5.74, 6) is 0. The third-order valence-corrected chi connectivity index (χ3v) is 11.8. The summed E-state index contributed by atoms with van der Waals surface area (Å²) in [6.07, 6.45) is 10.8. The number of hydrogen-bond donors (Lipinski definition) is 0. The largest absolute Gasteiger partial charge is 4.00 e. The molecule has 188 valence electrons. The van der Waals surface area contributed by atoms with E-state index in [-0.39, 0.29) is 51.5 Å². The average Bonchev–Trinajstić information content (AvgIpc) is 3.43. The standard InChI is InChI=1S/2C15H20P.2FH.Zr/c2*1-3-9-16(10-4-2)15-11-13-7-5-6-8-14(13)12-15;;;/h2*5-8,11-12H,3-4,9-10H2,1-2H3;2*1H;/q2*-1;;;+4/p-2. The number of benzene rings is 2. The first kappa shape index (κ1) is 34.3. The molecular formula is C30H40F2P2Zr. The Morgan fingerprint density at radius 1 is 0.543 bits per heavy atom. The quantitative estimate of drug-likeness (QED) is 0.197. The van der Waals surface area contributed by atoms with E-state index in [1.165, 1.54) is 71.9 Å². The minimum absolute atomic E-state index is 0. The molecule has 0 bridgehead atoms. The Kier molecular flexibility index (Phi) is 18.1. The van der Waals surface area contributed by atoms with Crippen LogP contribution in [0.3, 0.4) is 0 Å². The predicted octanol–water partition coefficient (Wildman–Crippen LogP) is 2.98. The van der Waals surface area contributed by atoms with Crippen molar-refractivity contribution in [1.82, 2.24) is 0 Å². The van der Waals surface area contributed by atoms with Gasteiger partial charge >= 0.3 is 26.2 Å². The number of halogens is 2. The fourth-order valence-corrected chi connectivity index (χ4v) is 9.38. The number of rotatable bonds is 10. The summed E-state index contributed by atoms with van der Waals surface area (Å²) in [7, 11) is 0.194. The van der Waals surface area contributed by atoms with E-state index in [2.05, 4.69) is 100 Å². The van der Waals surface area contributed by atoms with Crippen molar-refractivity contribution in [1.29, 1.82) is 0 Å². The summed E-state index contributed by atoms with van der Waals surface area (Å²) in [6.45, 7) is 9.20. The Bertz CT molecular complexity index is 908. The molecule has 0 N–H and O–H groups in total. The summed E-state index contributed by atoms with van der Waals surface area (Å²) >= 11 is 0. The topological polar surface area (TPSA) is 0 Å². The molecule has 4 aromatic carbocycles. The van der Waals surface area contributed by atoms with E-state index in [9.17, 15) is 0 Å². The van der Waals surface area contributed by atoms with Crippen LogP contribution in [-0.4, -0.2) is 24.6 Å². The molecular weight excluding hydrogens is 551 g/mol. The van der Waals surface area contributed by atoms with Gasteiger partial charge < -0.3 is 9.41 Å². The molecule has 5 heteroatoms. The fourth-order valence-electron chi connectivity index (χ4n) is 4.45. The molecule has 4 aromatic rings. The zero-order valence-electron chi connectivity index (χ0n) is 21.7. The van der Waals surface area contributed by atoms with Gasteiger partial charge in [-0.2, -0.15) is 12.1 Å². The molecule has 0 radical (unpaired) electrons. The van der Waals surface area contributed by atoms with Crippen LogP contribution in [0.2, 0.25) is 0 Å². The van der Waals surface area contributed by atoms with Crippen LogP contribution < -0.4 is 20.0 Å². The molecule has 0 nitrogen and oxygen atoms in total. The van der Waals surface area contributed by atoms with Crippen LogP contribution in [0.1, 0.15) is 53.4 Å². The van der Waals surface area contributed by atoms with Crippen molar-refractivity contribution in [3.63, 3.8) is 0 Å². The van der Waals surface area contributed by atoms with Crippen molar-refractivity contribution in [2.75, 3.05) is 24.6 Å². The molecule has 0 heterocycles. The Morgan fingerprint density at radius 3 is 1.14 bits per heavy atom. The fraction of sp³-hybridized carbons (Fsp3) is 0.400. The summed E-state index contributed by atoms with van der Waals surface area (Å²) < 4.78 is 0. The van der Waals surface area contributed by atoms with Crippen LogP contribution in [0.5, 0.6) is 0 Å². The van der Waals surface area contributed by atoms with Gasteiger partial charge in [0.2, 0.25) is 0 Å². The molecule has 0 amide bonds. The third-order valence-electron chi connectivity index (χ3n) is 5.91. The Hall–Kier alpha value is -0.737. The van der Waals surface area contributed by atoms with Crippen LogP contribution >= 0.6 is 15.8 Å². The predicted molar refractivity (Wildman–Crippen MR) is 153 cm³/mol. The smallest absolute Gasteiger partial charge is 1.00 e. The first-order valence-electron chi connectivity index (χ1n) is 12.5. The van der Waals surface area contributed by atoms with Gasteiger partial charge in [-0.25, -0.2) is 0 Å². The average molecular weight is 592 g/mol. The first-order valence-corrected chi connectivity index (χ1v) is 15.9. The Morgan fingerprint density at radius 2 is 0.857 bits per heavy atom. The molecule has 0 aromatic heterocycles. The second-order valence-electron chi connectivity index (χ2n) is 8.66. The van der Waals surface area contributed by atoms with Crippen molar-refractivity contribution in [2.45, 2.75) is 53.4 Å². The van der Waals surface area contributed by atoms with E-state index >= 15 is 0 Å². The summed E-state index contributed by atoms with van der Waals surface area (Å²) in [4.78, 5) is 0. The van der Waals surface area contributed by atoms with Gasteiger partial charge in [-0.15, -0.1) is 80.7 Å². The minimum atomic E-state index is 0. The minimum Gasteiger partial charge on any atom is -1.00 e. The normalized spacial score (nSPS) is 10.5. The van der Waals surface area contributed by atoms with E-state index in [1.54, 1.807) is 10.6 Å². The van der Waals surface area contributed by atoms with E-state index in [0.29, 0.717) is 0 Å². The maximum Gasteiger partial charge on any atom is 4.00 e. The molecule has 0 saturated carbocycles. The zero-order valence-corrected chi connectivity index (χ0v) is 26.0. The van der Waals surface area contributed by atoms with Crippen molar-refractivity contribution >= 4 is 48.0 Å². The first-order chi connectivity index (χ1) is 15.7. The van der Waals surface area contributed by atoms with Gasteiger partial charge in [-0.1, -0.05) is 81.4 Å². The van der Waals surface area contributed by atoms with Gasteiger partial charge in [0, 0.05) is 0 Å². The van der Waals surface area contributed by atoms with Gasteiger partial charge in [0.25, 0.3) is 0 Å². The second-order valence-corrected chi connectivity index (χ2v) is 13.6. The Balaban J connectivity index is 0.000000608. The van der Waals surface area contributed by atoms with Gasteiger partial charge in [0.15, 0.2) is 0 Å². The molecule has 4 rings (SSSR count). The van der Waals surface area contributed by atoms with E-state index in [0.717, 1.165) is 0 Å². The van der Waals surface area contributed by atoms with Crippen LogP contribution in [0, 0.1) is 0 Å². The van der Waals surface area contributed by atoms with Gasteiger partial charge in [-0.05, 0) is 24.6 Å². The molecule has 0 aliphatic rings. The van der Waals surface area contributed by atoms with Crippen molar-refractivity contribution in [3.8, 4) is 0 Å².